The zero-order chi connectivity index (χ0) is 37.6. The molecule has 0 spiro atoms. The first-order valence-electron chi connectivity index (χ1n) is 17.8. The number of hydrogen-bond donors (Lipinski definition) is 1. The number of ether oxygens (including phenoxy) is 2. The van der Waals surface area contributed by atoms with E-state index in [1.54, 1.807) is 11.0 Å². The van der Waals surface area contributed by atoms with Gasteiger partial charge in [0, 0.05) is 26.6 Å². The van der Waals surface area contributed by atoms with Gasteiger partial charge in [-0.1, -0.05) is 75.4 Å². The highest BCUT2D eigenvalue weighted by atomic mass is 28.4. The lowest BCUT2D eigenvalue weighted by molar-refractivity contribution is -0.148. The van der Waals surface area contributed by atoms with Crippen LogP contribution in [0.25, 0.3) is 0 Å². The second-order valence-corrected chi connectivity index (χ2v) is 19.8. The molecule has 1 aliphatic rings. The van der Waals surface area contributed by atoms with Gasteiger partial charge in [-0.2, -0.15) is 0 Å². The van der Waals surface area contributed by atoms with Gasteiger partial charge in [-0.15, -0.1) is 0 Å². The molecule has 0 saturated heterocycles. The van der Waals surface area contributed by atoms with E-state index in [4.69, 9.17) is 13.9 Å². The predicted molar refractivity (Wildman–Crippen MR) is 204 cm³/mol. The number of anilines is 1. The van der Waals surface area contributed by atoms with E-state index >= 15 is 0 Å². The maximum absolute atomic E-state index is 14.1. The van der Waals surface area contributed by atoms with Gasteiger partial charge in [0.1, 0.15) is 30.0 Å². The zero-order valence-corrected chi connectivity index (χ0v) is 32.3. The third-order valence-corrected chi connectivity index (χ3v) is 14.6. The van der Waals surface area contributed by atoms with E-state index in [0.29, 0.717) is 43.3 Å². The molecule has 1 amide bonds. The molecule has 0 saturated carbocycles. The van der Waals surface area contributed by atoms with Crippen LogP contribution in [0, 0.1) is 5.82 Å². The van der Waals surface area contributed by atoms with Gasteiger partial charge in [0.15, 0.2) is 0 Å². The normalized spacial score (nSPS) is 15.4. The van der Waals surface area contributed by atoms with Crippen LogP contribution in [0.4, 0.5) is 10.1 Å². The molecule has 5 rings (SSSR count). The van der Waals surface area contributed by atoms with Crippen molar-refractivity contribution < 1.29 is 33.0 Å². The molecule has 1 heterocycles. The lowest BCUT2D eigenvalue weighted by atomic mass is 9.92. The molecule has 0 radical (unpaired) electrons. The van der Waals surface area contributed by atoms with Gasteiger partial charge in [-0.25, -0.2) is 4.39 Å². The molecule has 4 aromatic rings. The Hall–Kier alpha value is -4.51. The minimum atomic E-state index is -2.38. The van der Waals surface area contributed by atoms with Gasteiger partial charge >= 0.3 is 5.97 Å². The summed E-state index contributed by atoms with van der Waals surface area (Å²) in [6, 6.07) is 27.0. The van der Waals surface area contributed by atoms with Crippen LogP contribution < -0.4 is 14.1 Å². The largest absolute Gasteiger partial charge is 0.542 e. The zero-order valence-electron chi connectivity index (χ0n) is 31.3. The lowest BCUT2D eigenvalue weighted by Crippen LogP contribution is -2.46. The molecule has 0 aromatic heterocycles. The number of fused-ring (bicyclic) bond motifs is 1. The van der Waals surface area contributed by atoms with Crippen molar-refractivity contribution in [2.45, 2.75) is 90.5 Å². The van der Waals surface area contributed by atoms with Gasteiger partial charge in [-0.3, -0.25) is 14.5 Å². The Morgan fingerprint density at radius 1 is 0.962 bits per heavy atom. The van der Waals surface area contributed by atoms with Crippen LogP contribution in [0.5, 0.6) is 11.5 Å². The number of halogens is 1. The number of methoxy groups -OCH3 is 1. The van der Waals surface area contributed by atoms with Crippen molar-refractivity contribution >= 4 is 25.9 Å². The van der Waals surface area contributed by atoms with Gasteiger partial charge in [0.05, 0.1) is 18.9 Å². The Balaban J connectivity index is 1.42. The summed E-state index contributed by atoms with van der Waals surface area (Å²) in [6.45, 7) is 13.8. The molecule has 8 nitrogen and oxygen atoms in total. The Kier molecular flexibility index (Phi) is 12.2. The second-order valence-electron chi connectivity index (χ2n) is 15.0. The molecule has 276 valence electrons. The number of aliphatic hydroxyl groups is 1. The molecule has 4 aromatic carbocycles. The molecule has 1 aliphatic heterocycles. The number of aliphatic hydroxyl groups excluding tert-OH is 1. The van der Waals surface area contributed by atoms with Gasteiger partial charge in [-0.05, 0) is 95.2 Å². The summed E-state index contributed by atoms with van der Waals surface area (Å²) in [7, 11) is -1.02. The highest BCUT2D eigenvalue weighted by Crippen LogP contribution is 2.43. The van der Waals surface area contributed by atoms with Gasteiger partial charge in [0.25, 0.3) is 8.32 Å². The summed E-state index contributed by atoms with van der Waals surface area (Å²) < 4.78 is 32.2. The SMILES string of the molecule is COC(=O)[C@@H]1Cc2cc(N(CC[C@H](O)c3ccc(OCc4ccccc4)cc3)C(C)=O)c(O[Si](C)(C)C(C)(C)C)cc2CN1Cc1cccc(F)c1. The fourth-order valence-corrected chi connectivity index (χ4v) is 7.19. The molecular formula is C42H51FN2O6Si. The average Bonchev–Trinajstić information content (AvgIpc) is 3.10. The molecule has 52 heavy (non-hydrogen) atoms. The van der Waals surface area contributed by atoms with Crippen LogP contribution >= 0.6 is 0 Å². The third-order valence-electron chi connectivity index (χ3n) is 10.2. The first-order chi connectivity index (χ1) is 24.6. The molecule has 1 N–H and O–H groups in total. The number of esters is 1. The number of hydrogen-bond acceptors (Lipinski definition) is 7. The van der Waals surface area contributed by atoms with Crippen LogP contribution in [0.15, 0.2) is 91.0 Å². The standard InChI is InChI=1S/C42H51FN2O6Si/c1-29(46)45(21-20-39(47)32-16-18-36(19-17-32)50-28-30-12-9-8-10-13-30)37-23-33-24-38(41(48)49-5)44(26-31-14-11-15-35(43)22-31)27-34(33)25-40(37)51-52(6,7)42(2,3)4/h8-19,22-23,25,38-39,47H,20-21,24,26-28H2,1-7H3/t38-,39-/m0/s1. The fraction of sp³-hybridized carbons (Fsp3) is 0.381. The summed E-state index contributed by atoms with van der Waals surface area (Å²) >= 11 is 0. The predicted octanol–water partition coefficient (Wildman–Crippen LogP) is 8.37. The van der Waals surface area contributed by atoms with Crippen molar-refractivity contribution in [3.05, 3.63) is 125 Å². The lowest BCUT2D eigenvalue weighted by Gasteiger charge is -2.40. The topological polar surface area (TPSA) is 88.5 Å². The molecule has 0 bridgehead atoms. The summed E-state index contributed by atoms with van der Waals surface area (Å²) in [4.78, 5) is 30.2. The van der Waals surface area contributed by atoms with E-state index in [1.807, 2.05) is 77.7 Å². The van der Waals surface area contributed by atoms with Crippen LogP contribution in [-0.2, 0) is 40.4 Å². The van der Waals surface area contributed by atoms with E-state index in [1.165, 1.54) is 26.2 Å². The number of carbonyl (C=O) groups is 2. The molecular weight excluding hydrogens is 676 g/mol. The van der Waals surface area contributed by atoms with E-state index in [-0.39, 0.29) is 35.7 Å². The Bertz CT molecular complexity index is 1840. The molecule has 0 unspecified atom stereocenters. The van der Waals surface area contributed by atoms with E-state index in [9.17, 15) is 19.1 Å². The van der Waals surface area contributed by atoms with Gasteiger partial charge in [0.2, 0.25) is 5.91 Å². The number of amides is 1. The Morgan fingerprint density at radius 3 is 2.29 bits per heavy atom. The van der Waals surface area contributed by atoms with Crippen molar-refractivity contribution in [1.82, 2.24) is 4.90 Å². The van der Waals surface area contributed by atoms with Crippen molar-refractivity contribution in [2.75, 3.05) is 18.6 Å². The highest BCUT2D eigenvalue weighted by molar-refractivity contribution is 6.74. The maximum atomic E-state index is 14.1. The molecule has 0 aliphatic carbocycles. The van der Waals surface area contributed by atoms with E-state index in [2.05, 4.69) is 33.9 Å². The van der Waals surface area contributed by atoms with Crippen molar-refractivity contribution in [1.29, 1.82) is 0 Å². The Morgan fingerprint density at radius 2 is 1.65 bits per heavy atom. The van der Waals surface area contributed by atoms with Gasteiger partial charge < -0.3 is 23.9 Å². The first kappa shape index (κ1) is 38.7. The van der Waals surface area contributed by atoms with Crippen LogP contribution in [0.3, 0.4) is 0 Å². The quantitative estimate of drug-likeness (QED) is 0.109. The first-order valence-corrected chi connectivity index (χ1v) is 20.7. The van der Waals surface area contributed by atoms with E-state index < -0.39 is 20.5 Å². The number of nitrogens with zero attached hydrogens (tertiary/aromatic N) is 2. The minimum absolute atomic E-state index is 0.117. The summed E-state index contributed by atoms with van der Waals surface area (Å²) in [5.74, 6) is 0.389. The monoisotopic (exact) mass is 726 g/mol. The summed E-state index contributed by atoms with van der Waals surface area (Å²) in [6.07, 6.45) is -0.197. The second kappa shape index (κ2) is 16.4. The Labute approximate surface area is 308 Å². The van der Waals surface area contributed by atoms with Crippen LogP contribution in [0.1, 0.15) is 68.0 Å². The maximum Gasteiger partial charge on any atom is 0.323 e. The molecule has 10 heteroatoms. The van der Waals surface area contributed by atoms with Crippen LogP contribution in [-0.4, -0.2) is 49.9 Å². The van der Waals surface area contributed by atoms with Crippen molar-refractivity contribution in [2.24, 2.45) is 0 Å². The fourth-order valence-electron chi connectivity index (χ4n) is 6.18. The average molecular weight is 727 g/mol. The smallest absolute Gasteiger partial charge is 0.323 e. The number of carbonyl (C=O) groups excluding carboxylic acids is 2. The number of rotatable bonds is 13. The van der Waals surface area contributed by atoms with Crippen molar-refractivity contribution in [3.8, 4) is 11.5 Å². The highest BCUT2D eigenvalue weighted by Gasteiger charge is 2.41. The third kappa shape index (κ3) is 9.47. The summed E-state index contributed by atoms with van der Waals surface area (Å²) in [5.41, 5.74) is 5.01. The minimum Gasteiger partial charge on any atom is -0.542 e. The molecule has 0 fully saturated rings. The molecule has 2 atom stereocenters. The summed E-state index contributed by atoms with van der Waals surface area (Å²) in [5, 5.41) is 11.1. The van der Waals surface area contributed by atoms with Crippen molar-refractivity contribution in [3.63, 3.8) is 0 Å². The van der Waals surface area contributed by atoms with E-state index in [0.717, 1.165) is 27.8 Å². The number of benzene rings is 4. The van der Waals surface area contributed by atoms with Crippen LogP contribution in [0.2, 0.25) is 18.1 Å².